The molecule has 0 saturated carbocycles. The summed E-state index contributed by atoms with van der Waals surface area (Å²) in [4.78, 5) is 40.7. The summed E-state index contributed by atoms with van der Waals surface area (Å²) < 4.78 is 0.714. The minimum absolute atomic E-state index is 0.193. The zero-order chi connectivity index (χ0) is 11.2. The van der Waals surface area contributed by atoms with Crippen LogP contribution in [-0.2, 0) is 0 Å². The molecule has 0 atom stereocenters. The number of halogens is 1. The van der Waals surface area contributed by atoms with Gasteiger partial charge in [0.15, 0.2) is 5.52 Å². The van der Waals surface area contributed by atoms with Gasteiger partial charge in [-0.15, -0.1) is 4.95 Å². The molecule has 0 aliphatic rings. The summed E-state index contributed by atoms with van der Waals surface area (Å²) >= 11 is 5.34. The predicted molar refractivity (Wildman–Crippen MR) is 50.7 cm³/mol. The second-order valence-corrected chi connectivity index (χ2v) is 2.92. The first-order valence-electron chi connectivity index (χ1n) is 3.60. The predicted octanol–water partition coefficient (Wildman–Crippen LogP) is -1.14. The number of nitrogens with one attached hydrogen (secondary N) is 2. The van der Waals surface area contributed by atoms with E-state index in [0.29, 0.717) is 4.68 Å². The molecule has 2 aromatic heterocycles. The van der Waals surface area contributed by atoms with Gasteiger partial charge in [0, 0.05) is 16.5 Å². The average Bonchev–Trinajstić information content (AvgIpc) is 2.58. The monoisotopic (exact) mass is 227 g/mol. The van der Waals surface area contributed by atoms with Crippen LogP contribution in [0.3, 0.4) is 0 Å². The van der Waals surface area contributed by atoms with E-state index in [1.165, 1.54) is 0 Å². The molecule has 0 spiro atoms. The van der Waals surface area contributed by atoms with Gasteiger partial charge >= 0.3 is 11.4 Å². The zero-order valence-corrected chi connectivity index (χ0v) is 7.70. The van der Waals surface area contributed by atoms with Crippen molar-refractivity contribution in [1.82, 2.24) is 18.7 Å². The number of aromatic amines is 2. The maximum Gasteiger partial charge on any atom is 0.415 e. The van der Waals surface area contributed by atoms with Gasteiger partial charge < -0.3 is 0 Å². The summed E-state index contributed by atoms with van der Waals surface area (Å²) in [5.74, 6) is 0. The van der Waals surface area contributed by atoms with Crippen molar-refractivity contribution in [3.63, 3.8) is 0 Å². The van der Waals surface area contributed by atoms with Crippen LogP contribution in [0.2, 0.25) is 0 Å². The average molecular weight is 228 g/mol. The first-order chi connectivity index (χ1) is 7.06. The Morgan fingerprint density at radius 3 is 2.53 bits per heavy atom. The van der Waals surface area contributed by atoms with Crippen LogP contribution >= 0.6 is 11.8 Å². The Balaban J connectivity index is 3.28. The quantitative estimate of drug-likeness (QED) is 0.557. The number of rotatable bonds is 0. The molecule has 0 amide bonds. The lowest BCUT2D eigenvalue weighted by Crippen LogP contribution is -2.33. The molecule has 0 saturated heterocycles. The highest BCUT2D eigenvalue weighted by Crippen LogP contribution is 1.98. The number of hydrogen-bond donors (Lipinski definition) is 2. The highest BCUT2D eigenvalue weighted by Gasteiger charge is 2.17. The topological polar surface area (TPSA) is 97.0 Å². The molecule has 0 unspecified atom stereocenters. The summed E-state index contributed by atoms with van der Waals surface area (Å²) in [6.45, 7) is 6.72. The Bertz CT molecular complexity index is 754. The maximum absolute atomic E-state index is 11.4. The van der Waals surface area contributed by atoms with Gasteiger partial charge in [-0.1, -0.05) is 0 Å². The maximum atomic E-state index is 11.4. The van der Waals surface area contributed by atoms with Crippen LogP contribution in [-0.4, -0.2) is 18.7 Å². The van der Waals surface area contributed by atoms with Gasteiger partial charge in [-0.2, -0.15) is 10.7 Å². The molecular weight excluding hydrogens is 226 g/mol. The lowest BCUT2D eigenvalue weighted by atomic mass is 10.5. The third-order valence-electron chi connectivity index (χ3n) is 1.76. The Labute approximate surface area is 85.2 Å². The minimum atomic E-state index is -1.03. The number of aromatic nitrogens is 4. The highest BCUT2D eigenvalue weighted by molar-refractivity contribution is 6.15. The zero-order valence-electron chi connectivity index (χ0n) is 6.94. The number of H-pyrrole nitrogens is 2. The van der Waals surface area contributed by atoms with Gasteiger partial charge in [-0.3, -0.25) is 14.8 Å². The van der Waals surface area contributed by atoms with E-state index in [-0.39, 0.29) is 15.3 Å². The van der Waals surface area contributed by atoms with Crippen LogP contribution in [0.15, 0.2) is 14.4 Å². The van der Waals surface area contributed by atoms with Crippen molar-refractivity contribution in [3.8, 4) is 0 Å². The summed E-state index contributed by atoms with van der Waals surface area (Å²) in [5, 5.41) is 0. The first kappa shape index (κ1) is 9.29. The number of nitrogens with zero attached hydrogens (tertiary/aromatic N) is 3. The van der Waals surface area contributed by atoms with E-state index < -0.39 is 16.9 Å². The van der Waals surface area contributed by atoms with Crippen LogP contribution in [0.25, 0.3) is 16.1 Å². The van der Waals surface area contributed by atoms with E-state index in [0.717, 1.165) is 0 Å². The normalized spacial score (nSPS) is 10.4. The van der Waals surface area contributed by atoms with E-state index in [1.54, 1.807) is 0 Å². The van der Waals surface area contributed by atoms with Crippen LogP contribution in [0, 0.1) is 6.57 Å². The Hall–Kier alpha value is -2.27. The fourth-order valence-corrected chi connectivity index (χ4v) is 1.30. The summed E-state index contributed by atoms with van der Waals surface area (Å²) in [5.41, 5.74) is -3.01. The van der Waals surface area contributed by atoms with E-state index in [2.05, 4.69) is 14.9 Å². The second kappa shape index (κ2) is 2.86. The van der Waals surface area contributed by atoms with E-state index in [4.69, 9.17) is 18.3 Å². The van der Waals surface area contributed by atoms with Gasteiger partial charge in [-0.05, 0) is 0 Å². The molecule has 2 aromatic rings. The molecule has 9 heteroatoms. The molecule has 2 heterocycles. The van der Waals surface area contributed by atoms with Gasteiger partial charge in [-0.25, -0.2) is 9.59 Å². The largest absolute Gasteiger partial charge is 0.415 e. The molecule has 2 rings (SSSR count). The molecule has 76 valence electrons. The van der Waals surface area contributed by atoms with Crippen molar-refractivity contribution in [2.75, 3.05) is 0 Å². The molecule has 0 bridgehead atoms. The van der Waals surface area contributed by atoms with Crippen LogP contribution in [0.1, 0.15) is 0 Å². The van der Waals surface area contributed by atoms with Gasteiger partial charge in [0.25, 0.3) is 5.56 Å². The fourth-order valence-electron chi connectivity index (χ4n) is 1.14. The van der Waals surface area contributed by atoms with Crippen molar-refractivity contribution >= 4 is 22.9 Å². The lowest BCUT2D eigenvalue weighted by molar-refractivity contribution is 0.885. The van der Waals surface area contributed by atoms with Crippen LogP contribution in [0.5, 0.6) is 0 Å². The molecule has 2 N–H and O–H groups in total. The summed E-state index contributed by atoms with van der Waals surface area (Å²) in [6, 6.07) is 0. The molecule has 8 nitrogen and oxygen atoms in total. The highest BCUT2D eigenvalue weighted by atomic mass is 35.5. The van der Waals surface area contributed by atoms with Crippen molar-refractivity contribution in [2.24, 2.45) is 0 Å². The van der Waals surface area contributed by atoms with Gasteiger partial charge in [0.2, 0.25) is 5.65 Å². The molecule has 0 aliphatic carbocycles. The van der Waals surface area contributed by atoms with Crippen molar-refractivity contribution in [2.45, 2.75) is 0 Å². The van der Waals surface area contributed by atoms with Crippen molar-refractivity contribution in [1.29, 1.82) is 0 Å². The third-order valence-corrected chi connectivity index (χ3v) is 2.06. The molecule has 15 heavy (non-hydrogen) atoms. The second-order valence-electron chi connectivity index (χ2n) is 2.58. The Morgan fingerprint density at radius 1 is 1.27 bits per heavy atom. The third kappa shape index (κ3) is 1.10. The molecule has 0 aliphatic heterocycles. The number of fused-ring (bicyclic) bond motifs is 1. The lowest BCUT2D eigenvalue weighted by Gasteiger charge is -1.93. The summed E-state index contributed by atoms with van der Waals surface area (Å²) in [7, 11) is 0. The van der Waals surface area contributed by atoms with Crippen LogP contribution in [0.4, 0.5) is 0 Å². The molecule has 0 aromatic carbocycles. The molecule has 0 fully saturated rings. The minimum Gasteiger partial charge on any atom is -0.300 e. The van der Waals surface area contributed by atoms with Gasteiger partial charge in [0.1, 0.15) is 0 Å². The van der Waals surface area contributed by atoms with Crippen molar-refractivity contribution in [3.05, 3.63) is 42.8 Å². The van der Waals surface area contributed by atoms with Crippen molar-refractivity contribution < 1.29 is 0 Å². The smallest absolute Gasteiger partial charge is 0.300 e. The first-order valence-corrected chi connectivity index (χ1v) is 3.94. The fraction of sp³-hybridized carbons (Fsp3) is 0. The van der Waals surface area contributed by atoms with Crippen LogP contribution < -0.4 is 16.9 Å². The van der Waals surface area contributed by atoms with E-state index in [9.17, 15) is 14.4 Å². The Morgan fingerprint density at radius 2 is 1.93 bits per heavy atom. The molecular formula is C6H2ClN5O3. The number of imidazole rings is 1. The van der Waals surface area contributed by atoms with Gasteiger partial charge in [0.05, 0.1) is 0 Å². The molecule has 0 radical (unpaired) electrons. The SMILES string of the molecule is [C-]#[N+]n1c(=O)n(Cl)c(=O)c2[nH]c(=O)[nH]c21. The number of hydrogen-bond acceptors (Lipinski definition) is 3. The van der Waals surface area contributed by atoms with E-state index >= 15 is 0 Å². The standard InChI is InChI=1S/C6H2ClN5O3/c1-8-12-3-2(9-5(14)10-3)4(13)11(7)6(12)15/h(H2,9,10,14). The Kier molecular flexibility index (Phi) is 1.77. The summed E-state index contributed by atoms with van der Waals surface area (Å²) in [6.07, 6.45) is 0. The van der Waals surface area contributed by atoms with E-state index in [1.807, 2.05) is 0 Å².